The van der Waals surface area contributed by atoms with E-state index in [0.29, 0.717) is 25.3 Å². The Labute approximate surface area is 199 Å². The van der Waals surface area contributed by atoms with Crippen LogP contribution in [0.4, 0.5) is 4.39 Å². The zero-order chi connectivity index (χ0) is 23.7. The molecule has 6 aliphatic rings. The normalized spacial score (nSPS) is 33.9. The van der Waals surface area contributed by atoms with Crippen molar-refractivity contribution in [2.24, 2.45) is 23.2 Å². The molecule has 186 valence electrons. The van der Waals surface area contributed by atoms with Gasteiger partial charge in [-0.3, -0.25) is 4.79 Å². The van der Waals surface area contributed by atoms with Crippen LogP contribution in [0.25, 0.3) is 0 Å². The Balaban J connectivity index is 1.26. The van der Waals surface area contributed by atoms with Crippen LogP contribution in [-0.2, 0) is 20.4 Å². The van der Waals surface area contributed by atoms with E-state index in [-0.39, 0.29) is 29.9 Å². The molecule has 4 aliphatic carbocycles. The van der Waals surface area contributed by atoms with E-state index >= 15 is 4.39 Å². The van der Waals surface area contributed by atoms with Gasteiger partial charge in [-0.2, -0.15) is 0 Å². The van der Waals surface area contributed by atoms with Gasteiger partial charge in [-0.05, 0) is 68.8 Å². The average molecular weight is 494 g/mol. The summed E-state index contributed by atoms with van der Waals surface area (Å²) in [6.45, 7) is 1.28. The van der Waals surface area contributed by atoms with E-state index in [1.165, 1.54) is 29.6 Å². The molecule has 1 aromatic rings. The van der Waals surface area contributed by atoms with E-state index in [9.17, 15) is 18.3 Å². The molecule has 4 bridgehead atoms. The van der Waals surface area contributed by atoms with Crippen molar-refractivity contribution in [1.29, 1.82) is 0 Å². The van der Waals surface area contributed by atoms with Gasteiger partial charge in [0.25, 0.3) is 0 Å². The van der Waals surface area contributed by atoms with Crippen molar-refractivity contribution in [3.8, 4) is 5.75 Å². The van der Waals surface area contributed by atoms with Crippen molar-refractivity contribution < 1.29 is 32.2 Å². The molecule has 0 spiro atoms. The van der Waals surface area contributed by atoms with Crippen LogP contribution >= 0.6 is 0 Å². The van der Waals surface area contributed by atoms with E-state index < -0.39 is 33.0 Å². The molecule has 1 N–H and O–H groups in total. The molecule has 7 nitrogen and oxygen atoms in total. The minimum Gasteiger partial charge on any atom is -0.493 e. The lowest BCUT2D eigenvalue weighted by atomic mass is 9.50. The van der Waals surface area contributed by atoms with Gasteiger partial charge in [-0.25, -0.2) is 17.1 Å². The van der Waals surface area contributed by atoms with Crippen molar-refractivity contribution in [3.05, 3.63) is 29.1 Å². The SMILES string of the molecule is O=C(CS(=O)(=O)N1CCC1)c1cc(C2(O)COC2)c(OCC23CC4CC(CC(C4)C2)C3)cc1F. The fourth-order valence-electron chi connectivity index (χ4n) is 7.30. The van der Waals surface area contributed by atoms with Gasteiger partial charge in [0.2, 0.25) is 10.0 Å². The van der Waals surface area contributed by atoms with E-state index in [2.05, 4.69) is 0 Å². The smallest absolute Gasteiger partial charge is 0.221 e. The number of ether oxygens (including phenoxy) is 2. The number of hydrogen-bond donors (Lipinski definition) is 1. The number of aliphatic hydroxyl groups is 1. The molecule has 0 radical (unpaired) electrons. The highest BCUT2D eigenvalue weighted by molar-refractivity contribution is 7.89. The molecule has 34 heavy (non-hydrogen) atoms. The molecule has 2 saturated heterocycles. The fourth-order valence-corrected chi connectivity index (χ4v) is 8.78. The second-order valence-electron chi connectivity index (χ2n) is 11.5. The molecule has 0 amide bonds. The lowest BCUT2D eigenvalue weighted by Gasteiger charge is -2.56. The van der Waals surface area contributed by atoms with Gasteiger partial charge < -0.3 is 14.6 Å². The summed E-state index contributed by atoms with van der Waals surface area (Å²) in [6.07, 6.45) is 8.10. The largest absolute Gasteiger partial charge is 0.493 e. The summed E-state index contributed by atoms with van der Waals surface area (Å²) in [4.78, 5) is 12.8. The molecule has 0 atom stereocenters. The Morgan fingerprint density at radius 2 is 1.74 bits per heavy atom. The fraction of sp³-hybridized carbons (Fsp3) is 0.720. The molecule has 2 aliphatic heterocycles. The first-order valence-electron chi connectivity index (χ1n) is 12.4. The van der Waals surface area contributed by atoms with E-state index in [4.69, 9.17) is 9.47 Å². The van der Waals surface area contributed by atoms with Crippen LogP contribution < -0.4 is 4.74 Å². The Kier molecular flexibility index (Phi) is 5.37. The Morgan fingerprint density at radius 1 is 1.12 bits per heavy atom. The predicted molar refractivity (Wildman–Crippen MR) is 122 cm³/mol. The van der Waals surface area contributed by atoms with Crippen molar-refractivity contribution in [3.63, 3.8) is 0 Å². The number of rotatable bonds is 8. The van der Waals surface area contributed by atoms with Crippen molar-refractivity contribution in [1.82, 2.24) is 4.31 Å². The summed E-state index contributed by atoms with van der Waals surface area (Å²) in [5.74, 6) is 0.0577. The number of ketones is 1. The van der Waals surface area contributed by atoms with Gasteiger partial charge in [0.1, 0.15) is 22.9 Å². The number of nitrogens with zero attached hydrogens (tertiary/aromatic N) is 1. The number of carbonyl (C=O) groups is 1. The molecule has 6 fully saturated rings. The zero-order valence-electron chi connectivity index (χ0n) is 19.3. The van der Waals surface area contributed by atoms with Crippen molar-refractivity contribution >= 4 is 15.8 Å². The molecule has 0 unspecified atom stereocenters. The van der Waals surface area contributed by atoms with E-state index in [0.717, 1.165) is 49.5 Å². The van der Waals surface area contributed by atoms with Crippen molar-refractivity contribution in [2.75, 3.05) is 38.7 Å². The number of hydrogen-bond acceptors (Lipinski definition) is 6. The Morgan fingerprint density at radius 3 is 2.24 bits per heavy atom. The van der Waals surface area contributed by atoms with E-state index in [1.54, 1.807) is 0 Å². The minimum absolute atomic E-state index is 0.0199. The third-order valence-electron chi connectivity index (χ3n) is 8.77. The van der Waals surface area contributed by atoms with E-state index in [1.807, 2.05) is 0 Å². The summed E-state index contributed by atoms with van der Waals surface area (Å²) in [5, 5.41) is 11.0. The summed E-state index contributed by atoms with van der Waals surface area (Å²) < 4.78 is 52.6. The van der Waals surface area contributed by atoms with Crippen LogP contribution in [0.5, 0.6) is 5.75 Å². The highest BCUT2D eigenvalue weighted by Crippen LogP contribution is 2.60. The van der Waals surface area contributed by atoms with Crippen LogP contribution in [-0.4, -0.2) is 62.3 Å². The number of sulfonamides is 1. The highest BCUT2D eigenvalue weighted by atomic mass is 32.2. The maximum absolute atomic E-state index is 15.1. The number of carbonyl (C=O) groups excluding carboxylic acids is 1. The molecule has 4 saturated carbocycles. The van der Waals surface area contributed by atoms with Crippen molar-refractivity contribution in [2.45, 2.75) is 50.5 Å². The molecule has 7 rings (SSSR count). The monoisotopic (exact) mass is 493 g/mol. The summed E-state index contributed by atoms with van der Waals surface area (Å²) >= 11 is 0. The summed E-state index contributed by atoms with van der Waals surface area (Å²) in [7, 11) is -3.78. The number of Topliss-reactive ketones (excluding diaryl/α,β-unsaturated/α-hetero) is 1. The maximum atomic E-state index is 15.1. The zero-order valence-corrected chi connectivity index (χ0v) is 20.1. The molecule has 2 heterocycles. The quantitative estimate of drug-likeness (QED) is 0.560. The maximum Gasteiger partial charge on any atom is 0.221 e. The van der Waals surface area contributed by atoms with Gasteiger partial charge in [-0.1, -0.05) is 0 Å². The highest BCUT2D eigenvalue weighted by Gasteiger charge is 2.51. The average Bonchev–Trinajstić information content (AvgIpc) is 2.67. The summed E-state index contributed by atoms with van der Waals surface area (Å²) in [6, 6.07) is 2.43. The Bertz CT molecular complexity index is 1080. The van der Waals surface area contributed by atoms with Gasteiger partial charge in [0.05, 0.1) is 25.4 Å². The second kappa shape index (κ2) is 7.98. The third-order valence-corrected chi connectivity index (χ3v) is 10.6. The van der Waals surface area contributed by atoms with Gasteiger partial charge >= 0.3 is 0 Å². The molecule has 9 heteroatoms. The predicted octanol–water partition coefficient (Wildman–Crippen LogP) is 2.86. The van der Waals surface area contributed by atoms with Crippen LogP contribution in [0, 0.1) is 29.0 Å². The van der Waals surface area contributed by atoms with Crippen LogP contribution in [0.3, 0.4) is 0 Å². The standard InChI is InChI=1S/C25H32FNO6S/c26-21-8-23(33-13-24-9-16-4-17(10-24)6-18(5-16)11-24)20(25(29)14-32-15-25)7-19(21)22(28)12-34(30,31)27-2-1-3-27/h7-8,16-18,29H,1-6,9-15H2. The first kappa shape index (κ1) is 22.9. The number of benzene rings is 1. The van der Waals surface area contributed by atoms with Crippen LogP contribution in [0.2, 0.25) is 0 Å². The van der Waals surface area contributed by atoms with Crippen LogP contribution in [0.1, 0.15) is 60.9 Å². The Hall–Kier alpha value is -1.55. The minimum atomic E-state index is -3.78. The first-order valence-corrected chi connectivity index (χ1v) is 14.0. The van der Waals surface area contributed by atoms with Gasteiger partial charge in [0, 0.05) is 30.1 Å². The third kappa shape index (κ3) is 3.88. The number of halogens is 1. The first-order chi connectivity index (χ1) is 16.1. The molecule has 0 aromatic heterocycles. The van der Waals surface area contributed by atoms with Gasteiger partial charge in [-0.15, -0.1) is 0 Å². The molecular weight excluding hydrogens is 461 g/mol. The summed E-state index contributed by atoms with van der Waals surface area (Å²) in [5.41, 5.74) is -1.31. The topological polar surface area (TPSA) is 93.1 Å². The lowest BCUT2D eigenvalue weighted by molar-refractivity contribution is -0.185. The molecule has 1 aromatic carbocycles. The lowest BCUT2D eigenvalue weighted by Crippen LogP contribution is -2.49. The van der Waals surface area contributed by atoms with Gasteiger partial charge in [0.15, 0.2) is 5.78 Å². The van der Waals surface area contributed by atoms with Crippen LogP contribution in [0.15, 0.2) is 12.1 Å². The molecular formula is C25H32FNO6S. The second-order valence-corrected chi connectivity index (χ2v) is 13.5.